The first-order chi connectivity index (χ1) is 9.24. The first-order valence-corrected chi connectivity index (χ1v) is 5.89. The summed E-state index contributed by atoms with van der Waals surface area (Å²) in [6, 6.07) is 6.98. The van der Waals surface area contributed by atoms with E-state index in [-0.39, 0.29) is 12.1 Å². The molecule has 0 aliphatic heterocycles. The Morgan fingerprint density at radius 2 is 2.37 bits per heavy atom. The van der Waals surface area contributed by atoms with Gasteiger partial charge in [0.25, 0.3) is 5.56 Å². The van der Waals surface area contributed by atoms with Crippen LogP contribution in [0.25, 0.3) is 0 Å². The van der Waals surface area contributed by atoms with Gasteiger partial charge in [-0.25, -0.2) is 9.67 Å². The second-order valence-electron chi connectivity index (χ2n) is 3.89. The van der Waals surface area contributed by atoms with Gasteiger partial charge in [-0.3, -0.25) is 4.79 Å². The Balaban J connectivity index is 2.29. The standard InChI is InChI=1S/C13H13N5O/c1-2-15-11-6-13(19)18(17-8-11)9-10-4-3-5-16-12(10)7-14/h3-6,8,15H,2,9H2,1H3. The molecule has 2 aromatic heterocycles. The topological polar surface area (TPSA) is 83.6 Å². The zero-order chi connectivity index (χ0) is 13.7. The zero-order valence-electron chi connectivity index (χ0n) is 10.5. The minimum atomic E-state index is -0.216. The fraction of sp³-hybridized carbons (Fsp3) is 0.231. The molecule has 0 saturated heterocycles. The fourth-order valence-electron chi connectivity index (χ4n) is 1.68. The summed E-state index contributed by atoms with van der Waals surface area (Å²) in [6.07, 6.45) is 3.14. The number of hydrogen-bond donors (Lipinski definition) is 1. The molecule has 0 spiro atoms. The lowest BCUT2D eigenvalue weighted by Gasteiger charge is -2.07. The van der Waals surface area contributed by atoms with Crippen LogP contribution in [0.15, 0.2) is 35.4 Å². The maximum atomic E-state index is 11.9. The molecule has 0 bridgehead atoms. The lowest BCUT2D eigenvalue weighted by molar-refractivity contribution is 0.637. The fourth-order valence-corrected chi connectivity index (χ4v) is 1.68. The van der Waals surface area contributed by atoms with Gasteiger partial charge in [-0.2, -0.15) is 10.4 Å². The number of nitriles is 1. The van der Waals surface area contributed by atoms with E-state index >= 15 is 0 Å². The quantitative estimate of drug-likeness (QED) is 0.880. The normalized spacial score (nSPS) is 9.89. The van der Waals surface area contributed by atoms with Gasteiger partial charge in [0.15, 0.2) is 0 Å². The van der Waals surface area contributed by atoms with Crippen LogP contribution >= 0.6 is 0 Å². The molecular weight excluding hydrogens is 242 g/mol. The number of pyridine rings is 1. The third kappa shape index (κ3) is 2.96. The van der Waals surface area contributed by atoms with Crippen molar-refractivity contribution in [1.82, 2.24) is 14.8 Å². The van der Waals surface area contributed by atoms with E-state index in [1.807, 2.05) is 13.0 Å². The molecule has 96 valence electrons. The summed E-state index contributed by atoms with van der Waals surface area (Å²) in [7, 11) is 0. The predicted octanol–water partition coefficient (Wildman–Crippen LogP) is 0.990. The van der Waals surface area contributed by atoms with Gasteiger partial charge in [-0.05, 0) is 13.0 Å². The molecule has 0 amide bonds. The van der Waals surface area contributed by atoms with Crippen molar-refractivity contribution in [2.75, 3.05) is 11.9 Å². The van der Waals surface area contributed by atoms with Crippen molar-refractivity contribution in [3.05, 3.63) is 52.2 Å². The predicted molar refractivity (Wildman–Crippen MR) is 70.7 cm³/mol. The van der Waals surface area contributed by atoms with E-state index in [1.165, 1.54) is 10.7 Å². The van der Waals surface area contributed by atoms with E-state index in [1.54, 1.807) is 24.5 Å². The maximum Gasteiger partial charge on any atom is 0.269 e. The molecular formula is C13H13N5O. The van der Waals surface area contributed by atoms with Gasteiger partial charge in [0.2, 0.25) is 0 Å². The van der Waals surface area contributed by atoms with Crippen LogP contribution in [0.1, 0.15) is 18.2 Å². The van der Waals surface area contributed by atoms with Gasteiger partial charge in [-0.1, -0.05) is 6.07 Å². The molecule has 0 aliphatic rings. The van der Waals surface area contributed by atoms with E-state index < -0.39 is 0 Å². The van der Waals surface area contributed by atoms with Crippen molar-refractivity contribution in [2.24, 2.45) is 0 Å². The lowest BCUT2D eigenvalue weighted by atomic mass is 10.2. The third-order valence-corrected chi connectivity index (χ3v) is 2.57. The minimum absolute atomic E-state index is 0.216. The van der Waals surface area contributed by atoms with Crippen LogP contribution in [0, 0.1) is 11.3 Å². The van der Waals surface area contributed by atoms with Crippen molar-refractivity contribution in [2.45, 2.75) is 13.5 Å². The number of hydrogen-bond acceptors (Lipinski definition) is 5. The molecule has 0 unspecified atom stereocenters. The van der Waals surface area contributed by atoms with Gasteiger partial charge in [-0.15, -0.1) is 0 Å². The molecule has 2 aromatic rings. The van der Waals surface area contributed by atoms with E-state index in [0.717, 1.165) is 6.54 Å². The minimum Gasteiger partial charge on any atom is -0.384 e. The van der Waals surface area contributed by atoms with Crippen molar-refractivity contribution < 1.29 is 0 Å². The Bertz CT molecular complexity index is 671. The van der Waals surface area contributed by atoms with Crippen LogP contribution in [0.4, 0.5) is 5.69 Å². The highest BCUT2D eigenvalue weighted by molar-refractivity contribution is 5.38. The summed E-state index contributed by atoms with van der Waals surface area (Å²) in [5.74, 6) is 0. The van der Waals surface area contributed by atoms with Gasteiger partial charge in [0.05, 0.1) is 18.4 Å². The Morgan fingerprint density at radius 1 is 1.53 bits per heavy atom. The highest BCUT2D eigenvalue weighted by Crippen LogP contribution is 2.05. The van der Waals surface area contributed by atoms with Gasteiger partial charge in [0.1, 0.15) is 11.8 Å². The highest BCUT2D eigenvalue weighted by Gasteiger charge is 2.05. The first-order valence-electron chi connectivity index (χ1n) is 5.89. The monoisotopic (exact) mass is 255 g/mol. The summed E-state index contributed by atoms with van der Waals surface area (Å²) in [4.78, 5) is 15.8. The van der Waals surface area contributed by atoms with E-state index in [9.17, 15) is 4.79 Å². The lowest BCUT2D eigenvalue weighted by Crippen LogP contribution is -2.23. The number of nitrogens with one attached hydrogen (secondary N) is 1. The molecule has 2 heterocycles. The van der Waals surface area contributed by atoms with Crippen LogP contribution in [-0.2, 0) is 6.54 Å². The average Bonchev–Trinajstić information content (AvgIpc) is 2.43. The number of nitrogens with zero attached hydrogens (tertiary/aromatic N) is 4. The van der Waals surface area contributed by atoms with Crippen LogP contribution in [-0.4, -0.2) is 21.3 Å². The van der Waals surface area contributed by atoms with Crippen molar-refractivity contribution in [3.63, 3.8) is 0 Å². The van der Waals surface area contributed by atoms with Crippen LogP contribution in [0.2, 0.25) is 0 Å². The molecule has 0 aromatic carbocycles. The maximum absolute atomic E-state index is 11.9. The summed E-state index contributed by atoms with van der Waals surface area (Å²) in [5, 5.41) is 16.0. The molecule has 0 fully saturated rings. The van der Waals surface area contributed by atoms with E-state index in [0.29, 0.717) is 16.9 Å². The number of anilines is 1. The Morgan fingerprint density at radius 3 is 3.05 bits per heavy atom. The van der Waals surface area contributed by atoms with Crippen LogP contribution < -0.4 is 10.9 Å². The zero-order valence-corrected chi connectivity index (χ0v) is 10.5. The summed E-state index contributed by atoms with van der Waals surface area (Å²) in [6.45, 7) is 2.91. The molecule has 0 aliphatic carbocycles. The Kier molecular flexibility index (Phi) is 3.88. The largest absolute Gasteiger partial charge is 0.384 e. The molecule has 19 heavy (non-hydrogen) atoms. The van der Waals surface area contributed by atoms with Gasteiger partial charge in [0, 0.05) is 24.4 Å². The molecule has 0 saturated carbocycles. The van der Waals surface area contributed by atoms with E-state index in [2.05, 4.69) is 15.4 Å². The van der Waals surface area contributed by atoms with Crippen LogP contribution in [0.3, 0.4) is 0 Å². The first kappa shape index (κ1) is 12.8. The Hall–Kier alpha value is -2.68. The molecule has 0 atom stereocenters. The Labute approximate surface area is 110 Å². The molecule has 1 N–H and O–H groups in total. The van der Waals surface area contributed by atoms with Gasteiger partial charge < -0.3 is 5.32 Å². The summed E-state index contributed by atoms with van der Waals surface area (Å²) < 4.78 is 1.30. The second kappa shape index (κ2) is 5.78. The van der Waals surface area contributed by atoms with Crippen molar-refractivity contribution >= 4 is 5.69 Å². The molecule has 6 heteroatoms. The summed E-state index contributed by atoms with van der Waals surface area (Å²) in [5.41, 5.74) is 1.46. The van der Waals surface area contributed by atoms with Gasteiger partial charge >= 0.3 is 0 Å². The van der Waals surface area contributed by atoms with Crippen molar-refractivity contribution in [1.29, 1.82) is 5.26 Å². The second-order valence-corrected chi connectivity index (χ2v) is 3.89. The average molecular weight is 255 g/mol. The van der Waals surface area contributed by atoms with Crippen LogP contribution in [0.5, 0.6) is 0 Å². The molecule has 2 rings (SSSR count). The highest BCUT2D eigenvalue weighted by atomic mass is 16.1. The molecule has 6 nitrogen and oxygen atoms in total. The number of aromatic nitrogens is 3. The van der Waals surface area contributed by atoms with E-state index in [4.69, 9.17) is 5.26 Å². The third-order valence-electron chi connectivity index (χ3n) is 2.57. The SMILES string of the molecule is CCNc1cnn(Cc2cccnc2C#N)c(=O)c1. The summed E-state index contributed by atoms with van der Waals surface area (Å²) >= 11 is 0. The van der Waals surface area contributed by atoms with Crippen molar-refractivity contribution in [3.8, 4) is 6.07 Å². The molecule has 0 radical (unpaired) electrons. The smallest absolute Gasteiger partial charge is 0.269 e. The number of rotatable bonds is 4.